The van der Waals surface area contributed by atoms with Crippen LogP contribution in [0.3, 0.4) is 0 Å². The molecule has 1 saturated heterocycles. The van der Waals surface area contributed by atoms with E-state index in [4.69, 9.17) is 4.74 Å². The van der Waals surface area contributed by atoms with Crippen LogP contribution in [0.25, 0.3) is 0 Å². The summed E-state index contributed by atoms with van der Waals surface area (Å²) in [6.45, 7) is 6.88. The lowest BCUT2D eigenvalue weighted by Crippen LogP contribution is -2.44. The van der Waals surface area contributed by atoms with E-state index in [0.29, 0.717) is 6.10 Å². The van der Waals surface area contributed by atoms with Crippen LogP contribution in [0.1, 0.15) is 11.1 Å². The molecule has 3 heteroatoms. The number of likely N-dealkylation sites (N-methyl/N-ethyl adjacent to an activating group) is 1. The number of morpholine rings is 1. The predicted octanol–water partition coefficient (Wildman–Crippen LogP) is 1.42. The molecule has 0 aliphatic carbocycles. The SMILES string of the molecule is Cc1ccc(CN(C)CC2CNCCO2)cc1. The van der Waals surface area contributed by atoms with Crippen molar-refractivity contribution < 1.29 is 4.74 Å². The van der Waals surface area contributed by atoms with E-state index in [-0.39, 0.29) is 0 Å². The number of nitrogens with zero attached hydrogens (tertiary/aromatic N) is 1. The van der Waals surface area contributed by atoms with E-state index in [1.807, 2.05) is 0 Å². The Bertz CT molecular complexity index is 331. The molecular formula is C14H22N2O. The van der Waals surface area contributed by atoms with Crippen LogP contribution in [0.15, 0.2) is 24.3 Å². The highest BCUT2D eigenvalue weighted by atomic mass is 16.5. The molecule has 1 aromatic rings. The molecule has 0 bridgehead atoms. The molecule has 3 nitrogen and oxygen atoms in total. The Kier molecular flexibility index (Phi) is 4.54. The van der Waals surface area contributed by atoms with Crippen LogP contribution in [0, 0.1) is 6.92 Å². The molecule has 94 valence electrons. The standard InChI is InChI=1S/C14H22N2O/c1-12-3-5-13(6-4-12)10-16(2)11-14-9-15-7-8-17-14/h3-6,14-15H,7-11H2,1-2H3. The van der Waals surface area contributed by atoms with E-state index < -0.39 is 0 Å². The number of hydrogen-bond acceptors (Lipinski definition) is 3. The van der Waals surface area contributed by atoms with Gasteiger partial charge in [0.05, 0.1) is 12.7 Å². The van der Waals surface area contributed by atoms with Crippen molar-refractivity contribution in [1.82, 2.24) is 10.2 Å². The van der Waals surface area contributed by atoms with Crippen LogP contribution in [0.5, 0.6) is 0 Å². The molecule has 1 atom stereocenters. The summed E-state index contributed by atoms with van der Waals surface area (Å²) in [6.07, 6.45) is 0.333. The van der Waals surface area contributed by atoms with Gasteiger partial charge in [0.2, 0.25) is 0 Å². The van der Waals surface area contributed by atoms with Crippen molar-refractivity contribution >= 4 is 0 Å². The minimum atomic E-state index is 0.333. The first-order chi connectivity index (χ1) is 8.24. The van der Waals surface area contributed by atoms with Crippen molar-refractivity contribution in [2.75, 3.05) is 33.3 Å². The minimum absolute atomic E-state index is 0.333. The quantitative estimate of drug-likeness (QED) is 0.852. The molecule has 1 unspecified atom stereocenters. The minimum Gasteiger partial charge on any atom is -0.374 e. The van der Waals surface area contributed by atoms with E-state index >= 15 is 0 Å². The van der Waals surface area contributed by atoms with Gasteiger partial charge in [-0.3, -0.25) is 4.90 Å². The zero-order valence-electron chi connectivity index (χ0n) is 10.8. The van der Waals surface area contributed by atoms with Gasteiger partial charge in [0, 0.05) is 26.2 Å². The second-order valence-corrected chi connectivity index (χ2v) is 4.88. The fourth-order valence-corrected chi connectivity index (χ4v) is 2.15. The zero-order valence-corrected chi connectivity index (χ0v) is 10.8. The second-order valence-electron chi connectivity index (χ2n) is 4.88. The fourth-order valence-electron chi connectivity index (χ4n) is 2.15. The van der Waals surface area contributed by atoms with Gasteiger partial charge in [-0.05, 0) is 19.5 Å². The van der Waals surface area contributed by atoms with Crippen LogP contribution in [-0.4, -0.2) is 44.3 Å². The van der Waals surface area contributed by atoms with Gasteiger partial charge in [-0.2, -0.15) is 0 Å². The van der Waals surface area contributed by atoms with Crippen LogP contribution in [0.4, 0.5) is 0 Å². The van der Waals surface area contributed by atoms with Gasteiger partial charge in [0.25, 0.3) is 0 Å². The molecule has 2 rings (SSSR count). The highest BCUT2D eigenvalue weighted by Gasteiger charge is 2.15. The summed E-state index contributed by atoms with van der Waals surface area (Å²) >= 11 is 0. The molecule has 0 spiro atoms. The normalized spacial score (nSPS) is 20.8. The smallest absolute Gasteiger partial charge is 0.0826 e. The Morgan fingerprint density at radius 3 is 2.76 bits per heavy atom. The zero-order chi connectivity index (χ0) is 12.1. The molecule has 0 amide bonds. The predicted molar refractivity (Wildman–Crippen MR) is 70.1 cm³/mol. The monoisotopic (exact) mass is 234 g/mol. The second kappa shape index (κ2) is 6.15. The summed E-state index contributed by atoms with van der Waals surface area (Å²) in [5, 5.41) is 3.36. The van der Waals surface area contributed by atoms with Crippen LogP contribution in [0.2, 0.25) is 0 Å². The Morgan fingerprint density at radius 1 is 1.35 bits per heavy atom. The summed E-state index contributed by atoms with van der Waals surface area (Å²) < 4.78 is 5.70. The summed E-state index contributed by atoms with van der Waals surface area (Å²) in [5.41, 5.74) is 2.68. The van der Waals surface area contributed by atoms with Gasteiger partial charge >= 0.3 is 0 Å². The first-order valence-electron chi connectivity index (χ1n) is 6.30. The molecule has 0 saturated carbocycles. The van der Waals surface area contributed by atoms with Crippen molar-refractivity contribution in [2.45, 2.75) is 19.6 Å². The maximum Gasteiger partial charge on any atom is 0.0826 e. The summed E-state index contributed by atoms with van der Waals surface area (Å²) in [5.74, 6) is 0. The van der Waals surface area contributed by atoms with Crippen molar-refractivity contribution in [1.29, 1.82) is 0 Å². The largest absolute Gasteiger partial charge is 0.374 e. The third-order valence-electron chi connectivity index (χ3n) is 3.09. The summed E-state index contributed by atoms with van der Waals surface area (Å²) in [7, 11) is 2.15. The molecule has 1 aliphatic rings. The number of aryl methyl sites for hydroxylation is 1. The lowest BCUT2D eigenvalue weighted by atomic mass is 10.1. The number of rotatable bonds is 4. The average molecular weight is 234 g/mol. The van der Waals surface area contributed by atoms with Crippen molar-refractivity contribution in [3.05, 3.63) is 35.4 Å². The fraction of sp³-hybridized carbons (Fsp3) is 0.571. The molecular weight excluding hydrogens is 212 g/mol. The third kappa shape index (κ3) is 4.11. The van der Waals surface area contributed by atoms with Crippen molar-refractivity contribution in [3.8, 4) is 0 Å². The van der Waals surface area contributed by atoms with E-state index in [1.165, 1.54) is 11.1 Å². The number of nitrogens with one attached hydrogen (secondary N) is 1. The number of benzene rings is 1. The molecule has 1 N–H and O–H groups in total. The Hall–Kier alpha value is -0.900. The van der Waals surface area contributed by atoms with Gasteiger partial charge in [-0.15, -0.1) is 0 Å². The van der Waals surface area contributed by atoms with Gasteiger partial charge in [0.1, 0.15) is 0 Å². The lowest BCUT2D eigenvalue weighted by molar-refractivity contribution is 0.00885. The molecule has 0 radical (unpaired) electrons. The van der Waals surface area contributed by atoms with Crippen molar-refractivity contribution in [2.24, 2.45) is 0 Å². The highest BCUT2D eigenvalue weighted by molar-refractivity contribution is 5.21. The van der Waals surface area contributed by atoms with Crippen LogP contribution >= 0.6 is 0 Å². The molecule has 17 heavy (non-hydrogen) atoms. The van der Waals surface area contributed by atoms with E-state index in [9.17, 15) is 0 Å². The summed E-state index contributed by atoms with van der Waals surface area (Å²) in [4.78, 5) is 2.32. The molecule has 1 aromatic carbocycles. The van der Waals surface area contributed by atoms with E-state index in [1.54, 1.807) is 0 Å². The number of hydrogen-bond donors (Lipinski definition) is 1. The molecule has 1 aliphatic heterocycles. The van der Waals surface area contributed by atoms with Crippen molar-refractivity contribution in [3.63, 3.8) is 0 Å². The Labute approximate surface area is 104 Å². The highest BCUT2D eigenvalue weighted by Crippen LogP contribution is 2.07. The molecule has 0 aromatic heterocycles. The maximum atomic E-state index is 5.70. The molecule has 1 heterocycles. The van der Waals surface area contributed by atoms with Gasteiger partial charge in [-0.1, -0.05) is 29.8 Å². The molecule has 1 fully saturated rings. The topological polar surface area (TPSA) is 24.5 Å². The Balaban J connectivity index is 1.79. The van der Waals surface area contributed by atoms with Crippen LogP contribution < -0.4 is 5.32 Å². The summed E-state index contributed by atoms with van der Waals surface area (Å²) in [6, 6.07) is 8.74. The number of ether oxygens (including phenoxy) is 1. The lowest BCUT2D eigenvalue weighted by Gasteiger charge is -2.28. The average Bonchev–Trinajstić information content (AvgIpc) is 2.33. The first kappa shape index (κ1) is 12.6. The third-order valence-corrected chi connectivity index (χ3v) is 3.09. The van der Waals surface area contributed by atoms with Gasteiger partial charge < -0.3 is 10.1 Å². The van der Waals surface area contributed by atoms with E-state index in [2.05, 4.69) is 48.5 Å². The van der Waals surface area contributed by atoms with Crippen LogP contribution in [-0.2, 0) is 11.3 Å². The van der Waals surface area contributed by atoms with Gasteiger partial charge in [0.15, 0.2) is 0 Å². The van der Waals surface area contributed by atoms with E-state index in [0.717, 1.165) is 32.8 Å². The van der Waals surface area contributed by atoms with Gasteiger partial charge in [-0.25, -0.2) is 0 Å². The Morgan fingerprint density at radius 2 is 2.12 bits per heavy atom. The maximum absolute atomic E-state index is 5.70. The first-order valence-corrected chi connectivity index (χ1v) is 6.30.